The van der Waals surface area contributed by atoms with Crippen LogP contribution in [0.2, 0.25) is 0 Å². The molecule has 0 radical (unpaired) electrons. The Morgan fingerprint density at radius 3 is 2.43 bits per heavy atom. The van der Waals surface area contributed by atoms with Gasteiger partial charge in [-0.15, -0.1) is 12.4 Å². The van der Waals surface area contributed by atoms with Gasteiger partial charge in [-0.25, -0.2) is 0 Å². The Balaban J connectivity index is 0.00000161. The van der Waals surface area contributed by atoms with Gasteiger partial charge in [0.1, 0.15) is 0 Å². The van der Waals surface area contributed by atoms with Crippen LogP contribution in [0.4, 0.5) is 18.9 Å². The zero-order valence-electron chi connectivity index (χ0n) is 10.6. The lowest BCUT2D eigenvalue weighted by molar-refractivity contribution is -0.137. The first-order chi connectivity index (χ1) is 9.54. The molecule has 0 bridgehead atoms. The van der Waals surface area contributed by atoms with Crippen molar-refractivity contribution in [2.24, 2.45) is 0 Å². The molecule has 0 fully saturated rings. The van der Waals surface area contributed by atoms with Gasteiger partial charge in [0.15, 0.2) is 0 Å². The van der Waals surface area contributed by atoms with Gasteiger partial charge in [0.05, 0.1) is 16.8 Å². The number of anilines is 1. The van der Waals surface area contributed by atoms with Crippen LogP contribution in [-0.2, 0) is 6.18 Å². The van der Waals surface area contributed by atoms with E-state index in [0.717, 1.165) is 12.1 Å². The van der Waals surface area contributed by atoms with Crippen molar-refractivity contribution in [3.8, 4) is 0 Å². The van der Waals surface area contributed by atoms with Crippen LogP contribution in [0, 0.1) is 0 Å². The Morgan fingerprint density at radius 2 is 1.76 bits per heavy atom. The highest BCUT2D eigenvalue weighted by atomic mass is 35.5. The zero-order chi connectivity index (χ0) is 14.2. The molecule has 2 aromatic heterocycles. The van der Waals surface area contributed by atoms with Gasteiger partial charge in [-0.2, -0.15) is 13.2 Å². The molecule has 1 N–H and O–H groups in total. The molecule has 0 spiro atoms. The average molecular weight is 314 g/mol. The van der Waals surface area contributed by atoms with Crippen LogP contribution >= 0.6 is 12.4 Å². The lowest BCUT2D eigenvalue weighted by Gasteiger charge is -2.12. The third kappa shape index (κ3) is 3.11. The van der Waals surface area contributed by atoms with Gasteiger partial charge < -0.3 is 0 Å². The van der Waals surface area contributed by atoms with Crippen LogP contribution in [0.1, 0.15) is 5.56 Å². The monoisotopic (exact) mass is 313 g/mol. The molecule has 21 heavy (non-hydrogen) atoms. The molecule has 0 atom stereocenters. The molecule has 3 aromatic rings. The van der Waals surface area contributed by atoms with Crippen LogP contribution in [0.25, 0.3) is 10.9 Å². The number of nitrogens with zero attached hydrogens (tertiary/aromatic N) is 2. The molecular weight excluding hydrogens is 303 g/mol. The molecular formula is C14H11ClF3N3. The highest BCUT2D eigenvalue weighted by molar-refractivity contribution is 5.91. The summed E-state index contributed by atoms with van der Waals surface area (Å²) in [4.78, 5) is 4.00. The van der Waals surface area contributed by atoms with Gasteiger partial charge in [-0.05, 0) is 30.3 Å². The van der Waals surface area contributed by atoms with Crippen LogP contribution in [-0.4, -0.2) is 9.66 Å². The molecule has 2 heterocycles. The predicted octanol–water partition coefficient (Wildman–Crippen LogP) is 4.35. The van der Waals surface area contributed by atoms with Crippen molar-refractivity contribution < 1.29 is 13.2 Å². The number of hydrogen-bond donors (Lipinski definition) is 1. The van der Waals surface area contributed by atoms with Crippen molar-refractivity contribution in [1.29, 1.82) is 0 Å². The molecule has 7 heteroatoms. The van der Waals surface area contributed by atoms with Crippen molar-refractivity contribution in [2.75, 3.05) is 5.43 Å². The van der Waals surface area contributed by atoms with E-state index in [2.05, 4.69) is 10.4 Å². The van der Waals surface area contributed by atoms with E-state index in [1.54, 1.807) is 23.1 Å². The molecule has 0 amide bonds. The summed E-state index contributed by atoms with van der Waals surface area (Å²) in [5.74, 6) is 0. The molecule has 0 unspecified atom stereocenters. The number of fused-ring (bicyclic) bond motifs is 1. The number of aromatic nitrogens is 2. The maximum atomic E-state index is 12.7. The zero-order valence-corrected chi connectivity index (χ0v) is 11.4. The Bertz CT molecular complexity index is 739. The van der Waals surface area contributed by atoms with Crippen LogP contribution < -0.4 is 5.43 Å². The summed E-state index contributed by atoms with van der Waals surface area (Å²) >= 11 is 0. The third-order valence-electron chi connectivity index (χ3n) is 2.92. The minimum absolute atomic E-state index is 0. The molecule has 1 aromatic carbocycles. The number of benzene rings is 1. The number of nitrogens with one attached hydrogen (secondary N) is 1. The first kappa shape index (κ1) is 15.2. The van der Waals surface area contributed by atoms with Crippen LogP contribution in [0.5, 0.6) is 0 Å². The molecule has 0 aliphatic rings. The van der Waals surface area contributed by atoms with Crippen molar-refractivity contribution in [3.63, 3.8) is 0 Å². The summed E-state index contributed by atoms with van der Waals surface area (Å²) < 4.78 is 39.7. The Morgan fingerprint density at radius 1 is 1.05 bits per heavy atom. The molecule has 0 saturated heterocycles. The number of pyridine rings is 1. The predicted molar refractivity (Wildman–Crippen MR) is 77.4 cm³/mol. The lowest BCUT2D eigenvalue weighted by atomic mass is 10.1. The van der Waals surface area contributed by atoms with Crippen LogP contribution in [0.15, 0.2) is 55.0 Å². The number of alkyl halides is 3. The largest absolute Gasteiger partial charge is 0.416 e. The van der Waals surface area contributed by atoms with Gasteiger partial charge in [-0.1, -0.05) is 6.07 Å². The fourth-order valence-electron chi connectivity index (χ4n) is 1.97. The van der Waals surface area contributed by atoms with Gasteiger partial charge in [0, 0.05) is 24.0 Å². The fourth-order valence-corrected chi connectivity index (χ4v) is 1.97. The summed E-state index contributed by atoms with van der Waals surface area (Å²) in [6.07, 6.45) is 0.723. The number of halogens is 4. The van der Waals surface area contributed by atoms with E-state index < -0.39 is 11.7 Å². The smallest absolute Gasteiger partial charge is 0.294 e. The minimum atomic E-state index is -4.36. The number of hydrogen-bond acceptors (Lipinski definition) is 2. The molecule has 110 valence electrons. The van der Waals surface area contributed by atoms with Gasteiger partial charge in [-0.3, -0.25) is 15.1 Å². The Labute approximate surface area is 124 Å². The summed E-state index contributed by atoms with van der Waals surface area (Å²) in [6.45, 7) is 0. The minimum Gasteiger partial charge on any atom is -0.294 e. The quantitative estimate of drug-likeness (QED) is 0.762. The van der Waals surface area contributed by atoms with E-state index in [-0.39, 0.29) is 12.4 Å². The molecule has 0 aliphatic carbocycles. The second kappa shape index (κ2) is 5.65. The molecule has 0 aliphatic heterocycles. The highest BCUT2D eigenvalue weighted by Gasteiger charge is 2.30. The number of rotatable bonds is 2. The van der Waals surface area contributed by atoms with E-state index in [1.165, 1.54) is 12.3 Å². The topological polar surface area (TPSA) is 29.9 Å². The van der Waals surface area contributed by atoms with Crippen molar-refractivity contribution in [2.45, 2.75) is 6.18 Å². The van der Waals surface area contributed by atoms with Gasteiger partial charge in [0.2, 0.25) is 0 Å². The SMILES string of the molecule is Cl.FC(F)(F)c1ccc2c(Nn3cccc3)ccnc2c1. The lowest BCUT2D eigenvalue weighted by Crippen LogP contribution is -2.07. The van der Waals surface area contributed by atoms with Crippen LogP contribution in [0.3, 0.4) is 0 Å². The Hall–Kier alpha value is -2.21. The summed E-state index contributed by atoms with van der Waals surface area (Å²) in [5, 5.41) is 0.634. The third-order valence-corrected chi connectivity index (χ3v) is 2.92. The van der Waals surface area contributed by atoms with E-state index >= 15 is 0 Å². The molecule has 3 rings (SSSR count). The summed E-state index contributed by atoms with van der Waals surface area (Å²) in [7, 11) is 0. The normalized spacial score (nSPS) is 11.2. The first-order valence-corrected chi connectivity index (χ1v) is 5.90. The first-order valence-electron chi connectivity index (χ1n) is 5.90. The maximum absolute atomic E-state index is 12.7. The van der Waals surface area contributed by atoms with E-state index in [0.29, 0.717) is 16.6 Å². The van der Waals surface area contributed by atoms with E-state index in [1.807, 2.05) is 12.1 Å². The van der Waals surface area contributed by atoms with Crippen molar-refractivity contribution in [1.82, 2.24) is 9.66 Å². The highest BCUT2D eigenvalue weighted by Crippen LogP contribution is 2.32. The fraction of sp³-hybridized carbons (Fsp3) is 0.0714. The summed E-state index contributed by atoms with van der Waals surface area (Å²) in [6, 6.07) is 8.95. The molecule has 0 saturated carbocycles. The van der Waals surface area contributed by atoms with E-state index in [4.69, 9.17) is 0 Å². The van der Waals surface area contributed by atoms with Crippen molar-refractivity contribution >= 4 is 29.0 Å². The van der Waals surface area contributed by atoms with E-state index in [9.17, 15) is 13.2 Å². The second-order valence-electron chi connectivity index (χ2n) is 4.29. The van der Waals surface area contributed by atoms with Gasteiger partial charge >= 0.3 is 6.18 Å². The van der Waals surface area contributed by atoms with Gasteiger partial charge in [0.25, 0.3) is 0 Å². The molecule has 3 nitrogen and oxygen atoms in total. The standard InChI is InChI=1S/C14H10F3N3.ClH/c15-14(16,17)10-3-4-11-12(5-6-18-13(11)9-10)19-20-7-1-2-8-20;/h1-9H,(H,18,19);1H. The average Bonchev–Trinajstić information content (AvgIpc) is 2.90. The summed E-state index contributed by atoms with van der Waals surface area (Å²) in [5.41, 5.74) is 3.38. The van der Waals surface area contributed by atoms with Crippen molar-refractivity contribution in [3.05, 3.63) is 60.6 Å². The Kier molecular flexibility index (Phi) is 4.09. The second-order valence-corrected chi connectivity index (χ2v) is 4.29. The maximum Gasteiger partial charge on any atom is 0.416 e.